The number of amides is 1. The highest BCUT2D eigenvalue weighted by atomic mass is 16.2. The van der Waals surface area contributed by atoms with Crippen LogP contribution in [0, 0.1) is 12.3 Å². The van der Waals surface area contributed by atoms with Gasteiger partial charge in [0.25, 0.3) is 0 Å². The van der Waals surface area contributed by atoms with Gasteiger partial charge in [-0.3, -0.25) is 4.79 Å². The highest BCUT2D eigenvalue weighted by Crippen LogP contribution is 2.40. The Morgan fingerprint density at radius 3 is 2.77 bits per heavy atom. The third-order valence-corrected chi connectivity index (χ3v) is 5.41. The number of likely N-dealkylation sites (tertiary alicyclic amines) is 2. The molecule has 0 bridgehead atoms. The van der Waals surface area contributed by atoms with Gasteiger partial charge >= 0.3 is 0 Å². The van der Waals surface area contributed by atoms with Crippen molar-refractivity contribution in [2.45, 2.75) is 52.6 Å². The Morgan fingerprint density at radius 2 is 2.09 bits per heavy atom. The van der Waals surface area contributed by atoms with Gasteiger partial charge in [0.05, 0.1) is 5.41 Å². The van der Waals surface area contributed by atoms with Crippen LogP contribution in [0.5, 0.6) is 0 Å². The van der Waals surface area contributed by atoms with E-state index in [0.717, 1.165) is 57.8 Å². The van der Waals surface area contributed by atoms with Gasteiger partial charge < -0.3 is 14.4 Å². The van der Waals surface area contributed by atoms with Gasteiger partial charge in [0, 0.05) is 44.6 Å². The number of carbonyl (C=O) groups is 1. The first kappa shape index (κ1) is 15.5. The van der Waals surface area contributed by atoms with E-state index in [4.69, 9.17) is 0 Å². The van der Waals surface area contributed by atoms with Crippen LogP contribution in [0.1, 0.15) is 38.9 Å². The van der Waals surface area contributed by atoms with Gasteiger partial charge in [0.15, 0.2) is 0 Å². The fraction of sp³-hybridized carbons (Fsp3) is 0.765. The Hall–Kier alpha value is -1.36. The highest BCUT2D eigenvalue weighted by molar-refractivity contribution is 5.84. The molecule has 0 unspecified atom stereocenters. The molecule has 2 aliphatic heterocycles. The van der Waals surface area contributed by atoms with Crippen molar-refractivity contribution in [3.05, 3.63) is 18.2 Å². The summed E-state index contributed by atoms with van der Waals surface area (Å²) >= 11 is 0. The van der Waals surface area contributed by atoms with Gasteiger partial charge in [-0.05, 0) is 46.6 Å². The molecule has 5 nitrogen and oxygen atoms in total. The second-order valence-corrected chi connectivity index (χ2v) is 7.17. The minimum Gasteiger partial charge on any atom is -0.340 e. The van der Waals surface area contributed by atoms with Crippen molar-refractivity contribution in [2.75, 3.05) is 26.2 Å². The molecule has 0 saturated carbocycles. The summed E-state index contributed by atoms with van der Waals surface area (Å²) < 4.78 is 2.19. The summed E-state index contributed by atoms with van der Waals surface area (Å²) in [7, 11) is 0. The molecule has 1 spiro atoms. The van der Waals surface area contributed by atoms with E-state index in [9.17, 15) is 4.79 Å². The van der Waals surface area contributed by atoms with Crippen LogP contribution in [0.2, 0.25) is 0 Å². The lowest BCUT2D eigenvalue weighted by atomic mass is 9.78. The maximum Gasteiger partial charge on any atom is 0.230 e. The molecule has 1 atom stereocenters. The normalized spacial score (nSPS) is 26.5. The monoisotopic (exact) mass is 304 g/mol. The third-order valence-electron chi connectivity index (χ3n) is 5.41. The van der Waals surface area contributed by atoms with E-state index in [2.05, 4.69) is 33.2 Å². The standard InChI is InChI=1S/C17H28N4O/c1-14(2)21-8-4-5-17(16(21)22)6-9-19(13-17)11-12-20-10-7-18-15(20)3/h7,10,14H,4-6,8-9,11-13H2,1-3H3/t17-/m0/s1. The van der Waals surface area contributed by atoms with E-state index in [0.29, 0.717) is 11.9 Å². The van der Waals surface area contributed by atoms with Crippen LogP contribution < -0.4 is 0 Å². The Labute approximate surface area is 133 Å². The molecule has 1 aromatic rings. The van der Waals surface area contributed by atoms with E-state index in [1.165, 1.54) is 0 Å². The first-order chi connectivity index (χ1) is 10.5. The molecular weight excluding hydrogens is 276 g/mol. The molecule has 1 aromatic heterocycles. The average Bonchev–Trinajstić information content (AvgIpc) is 3.07. The number of nitrogens with zero attached hydrogens (tertiary/aromatic N) is 4. The van der Waals surface area contributed by atoms with Crippen molar-refractivity contribution in [1.29, 1.82) is 0 Å². The summed E-state index contributed by atoms with van der Waals surface area (Å²) in [6.07, 6.45) is 7.13. The largest absolute Gasteiger partial charge is 0.340 e. The lowest BCUT2D eigenvalue weighted by molar-refractivity contribution is -0.147. The SMILES string of the molecule is Cc1nccn1CCN1CC[C@@]2(CCCN(C(C)C)C2=O)C1. The fourth-order valence-corrected chi connectivity index (χ4v) is 4.01. The van der Waals surface area contributed by atoms with Crippen molar-refractivity contribution in [3.63, 3.8) is 0 Å². The lowest BCUT2D eigenvalue weighted by Crippen LogP contribution is -2.52. The summed E-state index contributed by atoms with van der Waals surface area (Å²) in [6.45, 7) is 11.2. The Kier molecular flexibility index (Phi) is 4.26. The molecule has 2 fully saturated rings. The average molecular weight is 304 g/mol. The molecule has 122 valence electrons. The number of rotatable bonds is 4. The summed E-state index contributed by atoms with van der Waals surface area (Å²) in [5, 5.41) is 0. The van der Waals surface area contributed by atoms with Crippen molar-refractivity contribution in [2.24, 2.45) is 5.41 Å². The molecule has 0 aliphatic carbocycles. The number of hydrogen-bond acceptors (Lipinski definition) is 3. The Bertz CT molecular complexity index is 539. The van der Waals surface area contributed by atoms with Gasteiger partial charge in [-0.25, -0.2) is 4.98 Å². The van der Waals surface area contributed by atoms with E-state index in [1.807, 2.05) is 19.3 Å². The van der Waals surface area contributed by atoms with Crippen LogP contribution in [0.3, 0.4) is 0 Å². The highest BCUT2D eigenvalue weighted by Gasteiger charge is 2.48. The van der Waals surface area contributed by atoms with Crippen LogP contribution in [-0.2, 0) is 11.3 Å². The smallest absolute Gasteiger partial charge is 0.230 e. The van der Waals surface area contributed by atoms with Gasteiger partial charge in [0.1, 0.15) is 5.82 Å². The number of aromatic nitrogens is 2. The van der Waals surface area contributed by atoms with Gasteiger partial charge in [-0.15, -0.1) is 0 Å². The van der Waals surface area contributed by atoms with Crippen LogP contribution in [0.4, 0.5) is 0 Å². The van der Waals surface area contributed by atoms with Crippen LogP contribution >= 0.6 is 0 Å². The predicted molar refractivity (Wildman–Crippen MR) is 86.5 cm³/mol. The van der Waals surface area contributed by atoms with Crippen molar-refractivity contribution >= 4 is 5.91 Å². The van der Waals surface area contributed by atoms with Crippen LogP contribution in [-0.4, -0.2) is 57.5 Å². The van der Waals surface area contributed by atoms with Gasteiger partial charge in [-0.1, -0.05) is 0 Å². The Balaban J connectivity index is 1.61. The Morgan fingerprint density at radius 1 is 1.27 bits per heavy atom. The molecule has 0 aromatic carbocycles. The number of hydrogen-bond donors (Lipinski definition) is 0. The zero-order valence-corrected chi connectivity index (χ0v) is 14.1. The number of aryl methyl sites for hydroxylation is 1. The van der Waals surface area contributed by atoms with E-state index < -0.39 is 0 Å². The van der Waals surface area contributed by atoms with E-state index in [-0.39, 0.29) is 5.41 Å². The molecular formula is C17H28N4O. The molecule has 3 heterocycles. The molecule has 3 rings (SSSR count). The fourth-order valence-electron chi connectivity index (χ4n) is 4.01. The minimum absolute atomic E-state index is 0.105. The second-order valence-electron chi connectivity index (χ2n) is 7.17. The van der Waals surface area contributed by atoms with Gasteiger partial charge in [0.2, 0.25) is 5.91 Å². The summed E-state index contributed by atoms with van der Waals surface area (Å²) in [4.78, 5) is 21.7. The summed E-state index contributed by atoms with van der Waals surface area (Å²) in [5.41, 5.74) is -0.105. The molecule has 2 saturated heterocycles. The number of imidazole rings is 1. The minimum atomic E-state index is -0.105. The lowest BCUT2D eigenvalue weighted by Gasteiger charge is -2.41. The topological polar surface area (TPSA) is 41.4 Å². The first-order valence-corrected chi connectivity index (χ1v) is 8.53. The molecule has 0 N–H and O–H groups in total. The third kappa shape index (κ3) is 2.78. The molecule has 1 amide bonds. The molecule has 0 radical (unpaired) electrons. The number of carbonyl (C=O) groups excluding carboxylic acids is 1. The van der Waals surface area contributed by atoms with E-state index >= 15 is 0 Å². The van der Waals surface area contributed by atoms with Crippen molar-refractivity contribution in [3.8, 4) is 0 Å². The maximum atomic E-state index is 12.9. The van der Waals surface area contributed by atoms with Crippen LogP contribution in [0.15, 0.2) is 12.4 Å². The van der Waals surface area contributed by atoms with Crippen molar-refractivity contribution in [1.82, 2.24) is 19.4 Å². The second kappa shape index (κ2) is 6.03. The van der Waals surface area contributed by atoms with Crippen molar-refractivity contribution < 1.29 is 4.79 Å². The van der Waals surface area contributed by atoms with Gasteiger partial charge in [-0.2, -0.15) is 0 Å². The maximum absolute atomic E-state index is 12.9. The quantitative estimate of drug-likeness (QED) is 0.853. The molecule has 2 aliphatic rings. The molecule has 5 heteroatoms. The number of piperidine rings is 1. The van der Waals surface area contributed by atoms with E-state index in [1.54, 1.807) is 0 Å². The summed E-state index contributed by atoms with van der Waals surface area (Å²) in [6, 6.07) is 0.326. The summed E-state index contributed by atoms with van der Waals surface area (Å²) in [5.74, 6) is 1.46. The zero-order valence-electron chi connectivity index (χ0n) is 14.1. The predicted octanol–water partition coefficient (Wildman–Crippen LogP) is 1.91. The molecule has 22 heavy (non-hydrogen) atoms. The van der Waals surface area contributed by atoms with Crippen LogP contribution in [0.25, 0.3) is 0 Å². The zero-order chi connectivity index (χ0) is 15.7. The first-order valence-electron chi connectivity index (χ1n) is 8.53.